The van der Waals surface area contributed by atoms with Gasteiger partial charge in [0.2, 0.25) is 0 Å². The fourth-order valence-electron chi connectivity index (χ4n) is 3.60. The Kier molecular flexibility index (Phi) is 3.70. The number of carbonyl (C=O) groups is 1. The number of likely N-dealkylation sites (N-methyl/N-ethyl adjacent to an activating group) is 1. The van der Waals surface area contributed by atoms with Crippen molar-refractivity contribution in [1.29, 1.82) is 0 Å². The van der Waals surface area contributed by atoms with Crippen LogP contribution in [0.1, 0.15) is 42.6 Å². The number of aromatic nitrogens is 2. The second kappa shape index (κ2) is 5.48. The molecule has 1 spiro atoms. The highest BCUT2D eigenvalue weighted by atomic mass is 16.2. The summed E-state index contributed by atoms with van der Waals surface area (Å²) in [4.78, 5) is 25.1. The maximum Gasteiger partial charge on any atom is 0.274 e. The molecular weight excluding hydrogens is 252 g/mol. The molecule has 0 aromatic carbocycles. The summed E-state index contributed by atoms with van der Waals surface area (Å²) in [6.45, 7) is 2.82. The van der Waals surface area contributed by atoms with Gasteiger partial charge in [0.05, 0.1) is 6.20 Å². The van der Waals surface area contributed by atoms with Crippen LogP contribution in [0.4, 0.5) is 0 Å². The van der Waals surface area contributed by atoms with E-state index in [1.807, 2.05) is 4.90 Å². The first kappa shape index (κ1) is 13.5. The van der Waals surface area contributed by atoms with E-state index < -0.39 is 0 Å². The quantitative estimate of drug-likeness (QED) is 0.780. The van der Waals surface area contributed by atoms with Crippen LogP contribution < -0.4 is 0 Å². The SMILES string of the molecule is CN1CCCC[C@]12CCCN(C(=O)c1cnccn1)C2. The summed E-state index contributed by atoms with van der Waals surface area (Å²) in [5, 5.41) is 0. The Labute approximate surface area is 120 Å². The van der Waals surface area contributed by atoms with E-state index in [2.05, 4.69) is 21.9 Å². The summed E-state index contributed by atoms with van der Waals surface area (Å²) in [6, 6.07) is 0. The van der Waals surface area contributed by atoms with Gasteiger partial charge in [-0.2, -0.15) is 0 Å². The van der Waals surface area contributed by atoms with Crippen molar-refractivity contribution in [3.8, 4) is 0 Å². The van der Waals surface area contributed by atoms with Crippen molar-refractivity contribution in [2.45, 2.75) is 37.6 Å². The molecule has 0 N–H and O–H groups in total. The van der Waals surface area contributed by atoms with E-state index >= 15 is 0 Å². The molecule has 0 unspecified atom stereocenters. The number of amides is 1. The molecule has 5 heteroatoms. The van der Waals surface area contributed by atoms with E-state index in [0.717, 1.165) is 26.1 Å². The molecule has 0 saturated carbocycles. The van der Waals surface area contributed by atoms with Gasteiger partial charge < -0.3 is 4.90 Å². The normalized spacial score (nSPS) is 27.8. The minimum atomic E-state index is 0.0242. The Balaban J connectivity index is 1.76. The van der Waals surface area contributed by atoms with Crippen molar-refractivity contribution in [1.82, 2.24) is 19.8 Å². The molecule has 108 valence electrons. The van der Waals surface area contributed by atoms with Gasteiger partial charge >= 0.3 is 0 Å². The standard InChI is InChI=1S/C15H22N4O/c1-18-9-3-2-5-15(18)6-4-10-19(12-15)14(20)13-11-16-7-8-17-13/h7-8,11H,2-6,9-10,12H2,1H3/t15-/m1/s1. The van der Waals surface area contributed by atoms with E-state index in [4.69, 9.17) is 0 Å². The van der Waals surface area contributed by atoms with Crippen molar-refractivity contribution in [2.24, 2.45) is 0 Å². The fraction of sp³-hybridized carbons (Fsp3) is 0.667. The van der Waals surface area contributed by atoms with Gasteiger partial charge in [-0.05, 0) is 39.3 Å². The second-order valence-electron chi connectivity index (χ2n) is 6.02. The largest absolute Gasteiger partial charge is 0.335 e. The van der Waals surface area contributed by atoms with E-state index in [1.165, 1.54) is 25.7 Å². The molecule has 2 aliphatic heterocycles. The lowest BCUT2D eigenvalue weighted by Crippen LogP contribution is -2.60. The smallest absolute Gasteiger partial charge is 0.274 e. The zero-order chi connectivity index (χ0) is 14.0. The van der Waals surface area contributed by atoms with Gasteiger partial charge in [0.25, 0.3) is 5.91 Å². The minimum absolute atomic E-state index is 0.0242. The molecule has 5 nitrogen and oxygen atoms in total. The van der Waals surface area contributed by atoms with Crippen LogP contribution >= 0.6 is 0 Å². The van der Waals surface area contributed by atoms with Crippen LogP contribution in [0.15, 0.2) is 18.6 Å². The third-order valence-electron chi connectivity index (χ3n) is 4.82. The van der Waals surface area contributed by atoms with E-state index in [1.54, 1.807) is 18.6 Å². The summed E-state index contributed by atoms with van der Waals surface area (Å²) in [5.74, 6) is 0.0242. The Morgan fingerprint density at radius 3 is 2.80 bits per heavy atom. The second-order valence-corrected chi connectivity index (χ2v) is 6.02. The predicted octanol–water partition coefficient (Wildman–Crippen LogP) is 1.57. The monoisotopic (exact) mass is 274 g/mol. The van der Waals surface area contributed by atoms with Gasteiger partial charge in [0.15, 0.2) is 0 Å². The van der Waals surface area contributed by atoms with Crippen LogP contribution in [0.25, 0.3) is 0 Å². The van der Waals surface area contributed by atoms with Gasteiger partial charge in [0, 0.05) is 31.0 Å². The zero-order valence-corrected chi connectivity index (χ0v) is 12.1. The molecule has 3 heterocycles. The highest BCUT2D eigenvalue weighted by Gasteiger charge is 2.41. The molecule has 1 amide bonds. The predicted molar refractivity (Wildman–Crippen MR) is 76.4 cm³/mol. The van der Waals surface area contributed by atoms with Crippen molar-refractivity contribution in [3.05, 3.63) is 24.3 Å². The molecule has 1 aromatic heterocycles. The molecule has 2 saturated heterocycles. The highest BCUT2D eigenvalue weighted by molar-refractivity contribution is 5.92. The van der Waals surface area contributed by atoms with Crippen molar-refractivity contribution in [2.75, 3.05) is 26.7 Å². The van der Waals surface area contributed by atoms with E-state index in [-0.39, 0.29) is 11.4 Å². The summed E-state index contributed by atoms with van der Waals surface area (Å²) < 4.78 is 0. The Hall–Kier alpha value is -1.49. The molecule has 0 aliphatic carbocycles. The third kappa shape index (κ3) is 2.42. The van der Waals surface area contributed by atoms with Gasteiger partial charge in [-0.3, -0.25) is 14.7 Å². The van der Waals surface area contributed by atoms with Crippen molar-refractivity contribution < 1.29 is 4.79 Å². The van der Waals surface area contributed by atoms with Gasteiger partial charge in [-0.15, -0.1) is 0 Å². The van der Waals surface area contributed by atoms with Crippen LogP contribution in [0.3, 0.4) is 0 Å². The number of carbonyl (C=O) groups excluding carboxylic acids is 1. The third-order valence-corrected chi connectivity index (χ3v) is 4.82. The average molecular weight is 274 g/mol. The Bertz CT molecular complexity index is 474. The summed E-state index contributed by atoms with van der Waals surface area (Å²) >= 11 is 0. The minimum Gasteiger partial charge on any atom is -0.335 e. The number of rotatable bonds is 1. The molecule has 0 bridgehead atoms. The summed E-state index contributed by atoms with van der Waals surface area (Å²) in [5.41, 5.74) is 0.650. The van der Waals surface area contributed by atoms with Crippen LogP contribution in [0.2, 0.25) is 0 Å². The number of hydrogen-bond donors (Lipinski definition) is 0. The highest BCUT2D eigenvalue weighted by Crippen LogP contribution is 2.35. The molecule has 1 atom stereocenters. The molecule has 3 rings (SSSR count). The first-order chi connectivity index (χ1) is 9.71. The molecular formula is C15H22N4O. The fourth-order valence-corrected chi connectivity index (χ4v) is 3.60. The number of hydrogen-bond acceptors (Lipinski definition) is 4. The van der Waals surface area contributed by atoms with Crippen LogP contribution in [0.5, 0.6) is 0 Å². The van der Waals surface area contributed by atoms with E-state index in [0.29, 0.717) is 5.69 Å². The number of piperidine rings is 2. The van der Waals surface area contributed by atoms with Crippen LogP contribution in [-0.4, -0.2) is 57.9 Å². The lowest BCUT2D eigenvalue weighted by molar-refractivity contribution is 0.00277. The molecule has 20 heavy (non-hydrogen) atoms. The maximum absolute atomic E-state index is 12.5. The first-order valence-electron chi connectivity index (χ1n) is 7.48. The van der Waals surface area contributed by atoms with Crippen LogP contribution in [0, 0.1) is 0 Å². The number of nitrogens with zero attached hydrogens (tertiary/aromatic N) is 4. The average Bonchev–Trinajstić information content (AvgIpc) is 2.51. The lowest BCUT2D eigenvalue weighted by atomic mass is 9.80. The Morgan fingerprint density at radius 2 is 2.05 bits per heavy atom. The van der Waals surface area contributed by atoms with Gasteiger partial charge in [-0.25, -0.2) is 4.98 Å². The molecule has 2 fully saturated rings. The number of likely N-dealkylation sites (tertiary alicyclic amines) is 2. The van der Waals surface area contributed by atoms with Crippen molar-refractivity contribution >= 4 is 5.91 Å². The topological polar surface area (TPSA) is 49.3 Å². The molecule has 1 aromatic rings. The maximum atomic E-state index is 12.5. The zero-order valence-electron chi connectivity index (χ0n) is 12.1. The van der Waals surface area contributed by atoms with Gasteiger partial charge in [0.1, 0.15) is 5.69 Å². The Morgan fingerprint density at radius 1 is 1.20 bits per heavy atom. The van der Waals surface area contributed by atoms with Gasteiger partial charge in [-0.1, -0.05) is 6.42 Å². The first-order valence-corrected chi connectivity index (χ1v) is 7.48. The van der Waals surface area contributed by atoms with E-state index in [9.17, 15) is 4.79 Å². The molecule has 2 aliphatic rings. The lowest BCUT2D eigenvalue weighted by Gasteiger charge is -2.50. The molecule has 0 radical (unpaired) electrons. The summed E-state index contributed by atoms with van der Waals surface area (Å²) in [7, 11) is 2.20. The summed E-state index contributed by atoms with van der Waals surface area (Å²) in [6.07, 6.45) is 10.8. The van der Waals surface area contributed by atoms with Crippen molar-refractivity contribution in [3.63, 3.8) is 0 Å². The van der Waals surface area contributed by atoms with Crippen LogP contribution in [-0.2, 0) is 0 Å².